The second-order valence-corrected chi connectivity index (χ2v) is 17.3. The van der Waals surface area contributed by atoms with E-state index in [0.29, 0.717) is 0 Å². The molecule has 0 aliphatic heterocycles. The summed E-state index contributed by atoms with van der Waals surface area (Å²) in [6.45, 7) is 4.85. The lowest BCUT2D eigenvalue weighted by Gasteiger charge is -2.28. The molecule has 298 valence electrons. The number of anilines is 6. The number of benzene rings is 11. The SMILES string of the molecule is CC1(C)c2cc(-c3ccc(N(c4ccccc4)c4ccc5ccccc5c4)c4ccccc34)ccc2-c2c1c1ccc(N(c3ccccc3)c3ccccc3)cc1c1ccccc21. The monoisotopic (exact) mass is 804 g/mol. The number of rotatable bonds is 7. The van der Waals surface area contributed by atoms with E-state index in [1.807, 2.05) is 0 Å². The van der Waals surface area contributed by atoms with E-state index in [0.717, 1.165) is 34.1 Å². The van der Waals surface area contributed by atoms with Crippen molar-refractivity contribution in [3.05, 3.63) is 242 Å². The largest absolute Gasteiger partial charge is 0.310 e. The topological polar surface area (TPSA) is 6.48 Å². The molecule has 0 saturated carbocycles. The smallest absolute Gasteiger partial charge is 0.0540 e. The molecule has 0 unspecified atom stereocenters. The zero-order valence-corrected chi connectivity index (χ0v) is 35.3. The van der Waals surface area contributed by atoms with Gasteiger partial charge in [-0.3, -0.25) is 0 Å². The van der Waals surface area contributed by atoms with Crippen molar-refractivity contribution in [2.75, 3.05) is 9.80 Å². The molecule has 2 heteroatoms. The van der Waals surface area contributed by atoms with Gasteiger partial charge in [0.05, 0.1) is 5.69 Å². The predicted octanol–water partition coefficient (Wildman–Crippen LogP) is 17.2. The summed E-state index contributed by atoms with van der Waals surface area (Å²) in [5.74, 6) is 0. The molecule has 0 bridgehead atoms. The zero-order chi connectivity index (χ0) is 42.1. The van der Waals surface area contributed by atoms with Crippen molar-refractivity contribution in [1.82, 2.24) is 0 Å². The third kappa shape index (κ3) is 5.94. The average Bonchev–Trinajstić information content (AvgIpc) is 3.58. The van der Waals surface area contributed by atoms with Crippen LogP contribution in [0.4, 0.5) is 34.1 Å². The third-order valence-corrected chi connectivity index (χ3v) is 13.3. The Morgan fingerprint density at radius 2 is 0.857 bits per heavy atom. The molecule has 0 amide bonds. The minimum atomic E-state index is -0.251. The van der Waals surface area contributed by atoms with Crippen LogP contribution in [-0.4, -0.2) is 0 Å². The Morgan fingerprint density at radius 3 is 1.56 bits per heavy atom. The van der Waals surface area contributed by atoms with Crippen LogP contribution in [0.2, 0.25) is 0 Å². The first-order valence-corrected chi connectivity index (χ1v) is 21.9. The summed E-state index contributed by atoms with van der Waals surface area (Å²) in [5, 5.41) is 10.1. The Bertz CT molecular complexity index is 3500. The normalized spacial score (nSPS) is 12.7. The molecule has 0 heterocycles. The minimum Gasteiger partial charge on any atom is -0.310 e. The van der Waals surface area contributed by atoms with E-state index in [9.17, 15) is 0 Å². The van der Waals surface area contributed by atoms with Gasteiger partial charge in [0, 0.05) is 39.2 Å². The van der Waals surface area contributed by atoms with Crippen LogP contribution in [0.3, 0.4) is 0 Å². The molecule has 11 aromatic rings. The molecule has 0 aromatic heterocycles. The van der Waals surface area contributed by atoms with E-state index in [2.05, 4.69) is 254 Å². The molecule has 1 aliphatic rings. The first kappa shape index (κ1) is 36.9. The van der Waals surface area contributed by atoms with E-state index in [-0.39, 0.29) is 5.41 Å². The van der Waals surface area contributed by atoms with Crippen LogP contribution in [0, 0.1) is 0 Å². The highest BCUT2D eigenvalue weighted by atomic mass is 15.1. The van der Waals surface area contributed by atoms with Crippen molar-refractivity contribution >= 4 is 77.2 Å². The standard InChI is InChI=1S/C61H44N2/c1-61(2)57-39-43(49-36-37-58(52-28-16-14-26-50(49)52)63(46-24-10-5-11-25-46)47-32-30-41-18-12-13-19-42(41)38-47)31-34-55(57)59-53-29-17-15-27-51(53)56-40-48(33-35-54(56)60(59)61)62(44-20-6-3-7-21-44)45-22-8-4-9-23-45/h3-40H,1-2H3. The van der Waals surface area contributed by atoms with Gasteiger partial charge >= 0.3 is 0 Å². The Balaban J connectivity index is 1.01. The van der Waals surface area contributed by atoms with E-state index in [1.165, 1.54) is 76.5 Å². The van der Waals surface area contributed by atoms with Gasteiger partial charge in [-0.15, -0.1) is 0 Å². The molecular formula is C61H44N2. The van der Waals surface area contributed by atoms with Gasteiger partial charge in [-0.25, -0.2) is 0 Å². The van der Waals surface area contributed by atoms with Gasteiger partial charge in [0.25, 0.3) is 0 Å². The van der Waals surface area contributed by atoms with Gasteiger partial charge in [0.1, 0.15) is 0 Å². The molecule has 0 saturated heterocycles. The summed E-state index contributed by atoms with van der Waals surface area (Å²) >= 11 is 0. The second-order valence-electron chi connectivity index (χ2n) is 17.3. The fraction of sp³-hybridized carbons (Fsp3) is 0.0492. The van der Waals surface area contributed by atoms with Crippen LogP contribution in [0.15, 0.2) is 231 Å². The van der Waals surface area contributed by atoms with Crippen LogP contribution in [0.25, 0.3) is 65.3 Å². The van der Waals surface area contributed by atoms with Crippen molar-refractivity contribution in [2.24, 2.45) is 0 Å². The van der Waals surface area contributed by atoms with Crippen LogP contribution in [0.1, 0.15) is 25.0 Å². The quantitative estimate of drug-likeness (QED) is 0.148. The fourth-order valence-electron chi connectivity index (χ4n) is 10.5. The van der Waals surface area contributed by atoms with Crippen molar-refractivity contribution in [3.63, 3.8) is 0 Å². The summed E-state index contributed by atoms with van der Waals surface area (Å²) in [5.41, 5.74) is 14.5. The van der Waals surface area contributed by atoms with Gasteiger partial charge in [0.15, 0.2) is 0 Å². The van der Waals surface area contributed by atoms with E-state index >= 15 is 0 Å². The molecule has 1 aliphatic carbocycles. The Kier molecular flexibility index (Phi) is 8.55. The van der Waals surface area contributed by atoms with E-state index < -0.39 is 0 Å². The molecule has 11 aromatic carbocycles. The summed E-state index contributed by atoms with van der Waals surface area (Å²) in [4.78, 5) is 4.77. The summed E-state index contributed by atoms with van der Waals surface area (Å²) < 4.78 is 0. The highest BCUT2D eigenvalue weighted by Gasteiger charge is 2.39. The maximum atomic E-state index is 2.48. The Morgan fingerprint density at radius 1 is 0.317 bits per heavy atom. The first-order valence-electron chi connectivity index (χ1n) is 21.9. The van der Waals surface area contributed by atoms with Gasteiger partial charge in [-0.2, -0.15) is 0 Å². The number of hydrogen-bond acceptors (Lipinski definition) is 2. The average molecular weight is 805 g/mol. The van der Waals surface area contributed by atoms with Crippen molar-refractivity contribution in [1.29, 1.82) is 0 Å². The number of para-hydroxylation sites is 3. The molecular weight excluding hydrogens is 761 g/mol. The van der Waals surface area contributed by atoms with Crippen LogP contribution in [-0.2, 0) is 5.41 Å². The highest BCUT2D eigenvalue weighted by Crippen LogP contribution is 2.56. The van der Waals surface area contributed by atoms with E-state index in [1.54, 1.807) is 0 Å². The lowest BCUT2D eigenvalue weighted by Crippen LogP contribution is -2.16. The third-order valence-electron chi connectivity index (χ3n) is 13.3. The van der Waals surface area contributed by atoms with Gasteiger partial charge in [-0.1, -0.05) is 172 Å². The van der Waals surface area contributed by atoms with Crippen LogP contribution < -0.4 is 9.80 Å². The van der Waals surface area contributed by atoms with Gasteiger partial charge in [0.2, 0.25) is 0 Å². The zero-order valence-electron chi connectivity index (χ0n) is 35.3. The first-order chi connectivity index (χ1) is 31.0. The number of nitrogens with zero attached hydrogens (tertiary/aromatic N) is 2. The molecule has 0 radical (unpaired) electrons. The lowest BCUT2D eigenvalue weighted by molar-refractivity contribution is 0.667. The molecule has 2 nitrogen and oxygen atoms in total. The van der Waals surface area contributed by atoms with Crippen molar-refractivity contribution in [3.8, 4) is 22.3 Å². The molecule has 63 heavy (non-hydrogen) atoms. The molecule has 12 rings (SSSR count). The molecule has 0 atom stereocenters. The van der Waals surface area contributed by atoms with Gasteiger partial charge in [-0.05, 0) is 144 Å². The molecule has 0 spiro atoms. The lowest BCUT2D eigenvalue weighted by atomic mass is 9.78. The molecule has 0 fully saturated rings. The van der Waals surface area contributed by atoms with Crippen LogP contribution in [0.5, 0.6) is 0 Å². The summed E-state index contributed by atoms with van der Waals surface area (Å²) in [6.07, 6.45) is 0. The highest BCUT2D eigenvalue weighted by molar-refractivity contribution is 6.19. The van der Waals surface area contributed by atoms with Crippen LogP contribution >= 0.6 is 0 Å². The summed E-state index contributed by atoms with van der Waals surface area (Å²) in [6, 6.07) is 84.4. The number of fused-ring (bicyclic) bond motifs is 10. The van der Waals surface area contributed by atoms with E-state index in [4.69, 9.17) is 0 Å². The Hall–Kier alpha value is -7.94. The summed E-state index contributed by atoms with van der Waals surface area (Å²) in [7, 11) is 0. The molecule has 0 N–H and O–H groups in total. The van der Waals surface area contributed by atoms with Gasteiger partial charge < -0.3 is 9.80 Å². The maximum absolute atomic E-state index is 2.48. The predicted molar refractivity (Wildman–Crippen MR) is 269 cm³/mol. The van der Waals surface area contributed by atoms with Crippen molar-refractivity contribution < 1.29 is 0 Å². The number of hydrogen-bond donors (Lipinski definition) is 0. The fourth-order valence-corrected chi connectivity index (χ4v) is 10.5. The minimum absolute atomic E-state index is 0.251. The van der Waals surface area contributed by atoms with Crippen molar-refractivity contribution in [2.45, 2.75) is 19.3 Å². The second kappa shape index (κ2) is 14.6. The Labute approximate surface area is 368 Å². The maximum Gasteiger partial charge on any atom is 0.0540 e.